The highest BCUT2D eigenvalue weighted by Gasteiger charge is 2.10. The predicted molar refractivity (Wildman–Crippen MR) is 58.1 cm³/mol. The van der Waals surface area contributed by atoms with Crippen molar-refractivity contribution >= 4 is 5.91 Å². The van der Waals surface area contributed by atoms with Crippen LogP contribution in [0.5, 0.6) is 11.5 Å². The number of fused-ring (bicyclic) bond motifs is 1. The lowest BCUT2D eigenvalue weighted by Gasteiger charge is -2.17. The number of rotatable bonds is 1. The van der Waals surface area contributed by atoms with E-state index in [9.17, 15) is 4.79 Å². The van der Waals surface area contributed by atoms with Gasteiger partial charge in [0.2, 0.25) is 5.91 Å². The molecule has 4 heteroatoms. The molecule has 0 bridgehead atoms. The van der Waals surface area contributed by atoms with Gasteiger partial charge in [-0.05, 0) is 18.2 Å². The quantitative estimate of drug-likeness (QED) is 0.704. The molecule has 1 aromatic rings. The molecule has 1 amide bonds. The van der Waals surface area contributed by atoms with Gasteiger partial charge in [0.1, 0.15) is 13.2 Å². The van der Waals surface area contributed by atoms with Crippen molar-refractivity contribution in [3.05, 3.63) is 23.8 Å². The number of nitrogens with two attached hydrogens (primary N) is 1. The summed E-state index contributed by atoms with van der Waals surface area (Å²) < 4.78 is 10.8. The van der Waals surface area contributed by atoms with Gasteiger partial charge in [0.05, 0.1) is 6.42 Å². The van der Waals surface area contributed by atoms with E-state index in [0.29, 0.717) is 19.0 Å². The van der Waals surface area contributed by atoms with E-state index in [4.69, 9.17) is 15.2 Å². The van der Waals surface area contributed by atoms with Crippen LogP contribution in [0.25, 0.3) is 0 Å². The van der Waals surface area contributed by atoms with Crippen molar-refractivity contribution < 1.29 is 14.3 Å². The minimum atomic E-state index is -0.426. The average molecular weight is 217 g/mol. The Labute approximate surface area is 93.3 Å². The summed E-state index contributed by atoms with van der Waals surface area (Å²) in [5, 5.41) is 0. The number of hydrogen-bond donors (Lipinski definition) is 1. The fourth-order valence-corrected chi connectivity index (χ4v) is 1.35. The highest BCUT2D eigenvalue weighted by atomic mass is 16.6. The first-order chi connectivity index (χ1) is 7.75. The summed E-state index contributed by atoms with van der Waals surface area (Å²) in [5.74, 6) is 6.52. The van der Waals surface area contributed by atoms with Gasteiger partial charge in [-0.15, -0.1) is 0 Å². The third-order valence-electron chi connectivity index (χ3n) is 2.04. The smallest absolute Gasteiger partial charge is 0.229 e. The predicted octanol–water partition coefficient (Wildman–Crippen LogP) is 0.685. The van der Waals surface area contributed by atoms with E-state index in [1.807, 2.05) is 12.1 Å². The Morgan fingerprint density at radius 1 is 1.31 bits per heavy atom. The number of benzene rings is 1. The number of primary amides is 1. The van der Waals surface area contributed by atoms with Crippen LogP contribution in [0.15, 0.2) is 18.2 Å². The highest BCUT2D eigenvalue weighted by Crippen LogP contribution is 2.30. The van der Waals surface area contributed by atoms with Crippen LogP contribution >= 0.6 is 0 Å². The van der Waals surface area contributed by atoms with Gasteiger partial charge in [0.25, 0.3) is 0 Å². The molecule has 0 aromatic heterocycles. The zero-order valence-corrected chi connectivity index (χ0v) is 8.66. The number of amides is 1. The third kappa shape index (κ3) is 2.45. The minimum Gasteiger partial charge on any atom is -0.486 e. The molecular formula is C12H11NO3. The lowest BCUT2D eigenvalue weighted by atomic mass is 10.2. The molecular weight excluding hydrogens is 206 g/mol. The molecule has 0 unspecified atom stereocenters. The number of ether oxygens (including phenoxy) is 2. The molecule has 0 saturated carbocycles. The fraction of sp³-hybridized carbons (Fsp3) is 0.250. The summed E-state index contributed by atoms with van der Waals surface area (Å²) in [6.45, 7) is 1.12. The standard InChI is InChI=1S/C12H11NO3/c13-12(14)3-1-2-9-4-5-10-11(8-9)16-7-6-15-10/h4-5,8H,3,6-7H2,(H2,13,14). The SMILES string of the molecule is NC(=O)CC#Cc1ccc2c(c1)OCCO2. The largest absolute Gasteiger partial charge is 0.486 e. The van der Waals surface area contributed by atoms with E-state index < -0.39 is 5.91 Å². The summed E-state index contributed by atoms with van der Waals surface area (Å²) in [6.07, 6.45) is 0.0639. The fourth-order valence-electron chi connectivity index (χ4n) is 1.35. The van der Waals surface area contributed by atoms with Gasteiger partial charge in [0, 0.05) is 5.56 Å². The lowest BCUT2D eigenvalue weighted by molar-refractivity contribution is -0.117. The average Bonchev–Trinajstić information content (AvgIpc) is 2.28. The van der Waals surface area contributed by atoms with Crippen LogP contribution in [0, 0.1) is 11.8 Å². The Hall–Kier alpha value is -2.15. The molecule has 0 radical (unpaired) electrons. The van der Waals surface area contributed by atoms with Crippen LogP contribution in [-0.4, -0.2) is 19.1 Å². The summed E-state index contributed by atoms with van der Waals surface area (Å²) in [4.78, 5) is 10.5. The first kappa shape index (κ1) is 10.4. The normalized spacial score (nSPS) is 12.5. The van der Waals surface area contributed by atoms with E-state index in [0.717, 1.165) is 11.3 Å². The van der Waals surface area contributed by atoms with Gasteiger partial charge in [-0.2, -0.15) is 0 Å². The third-order valence-corrected chi connectivity index (χ3v) is 2.04. The van der Waals surface area contributed by atoms with Crippen LogP contribution in [0.3, 0.4) is 0 Å². The van der Waals surface area contributed by atoms with Crippen molar-refractivity contribution in [1.29, 1.82) is 0 Å². The van der Waals surface area contributed by atoms with Crippen molar-refractivity contribution in [2.24, 2.45) is 5.73 Å². The van der Waals surface area contributed by atoms with Gasteiger partial charge < -0.3 is 15.2 Å². The first-order valence-corrected chi connectivity index (χ1v) is 4.92. The molecule has 82 valence electrons. The Morgan fingerprint density at radius 3 is 2.81 bits per heavy atom. The molecule has 0 spiro atoms. The minimum absolute atomic E-state index is 0.0639. The maximum Gasteiger partial charge on any atom is 0.229 e. The molecule has 1 aromatic carbocycles. The van der Waals surface area contributed by atoms with Crippen molar-refractivity contribution in [2.45, 2.75) is 6.42 Å². The molecule has 0 aliphatic carbocycles. The summed E-state index contributed by atoms with van der Waals surface area (Å²) in [5.41, 5.74) is 5.76. The van der Waals surface area contributed by atoms with Gasteiger partial charge in [-0.25, -0.2) is 0 Å². The van der Waals surface area contributed by atoms with Crippen LogP contribution in [0.1, 0.15) is 12.0 Å². The molecule has 2 N–H and O–H groups in total. The molecule has 0 saturated heterocycles. The van der Waals surface area contributed by atoms with Crippen LogP contribution in [-0.2, 0) is 4.79 Å². The Balaban J connectivity index is 2.16. The van der Waals surface area contributed by atoms with Crippen molar-refractivity contribution in [3.8, 4) is 23.3 Å². The molecule has 0 atom stereocenters. The van der Waals surface area contributed by atoms with Gasteiger partial charge in [-0.3, -0.25) is 4.79 Å². The van der Waals surface area contributed by atoms with E-state index >= 15 is 0 Å². The number of hydrogen-bond acceptors (Lipinski definition) is 3. The zero-order chi connectivity index (χ0) is 11.4. The Morgan fingerprint density at radius 2 is 2.06 bits per heavy atom. The Kier molecular flexibility index (Phi) is 2.97. The van der Waals surface area contributed by atoms with Gasteiger partial charge >= 0.3 is 0 Å². The van der Waals surface area contributed by atoms with E-state index in [1.54, 1.807) is 6.07 Å². The second-order valence-electron chi connectivity index (χ2n) is 3.30. The molecule has 2 rings (SSSR count). The van der Waals surface area contributed by atoms with E-state index in [1.165, 1.54) is 0 Å². The maximum absolute atomic E-state index is 10.5. The molecule has 1 heterocycles. The van der Waals surface area contributed by atoms with E-state index in [2.05, 4.69) is 11.8 Å². The molecule has 1 aliphatic rings. The molecule has 4 nitrogen and oxygen atoms in total. The van der Waals surface area contributed by atoms with Crippen molar-refractivity contribution in [1.82, 2.24) is 0 Å². The highest BCUT2D eigenvalue weighted by molar-refractivity contribution is 5.76. The van der Waals surface area contributed by atoms with E-state index in [-0.39, 0.29) is 6.42 Å². The topological polar surface area (TPSA) is 61.6 Å². The second kappa shape index (κ2) is 4.58. The van der Waals surface area contributed by atoms with Crippen molar-refractivity contribution in [2.75, 3.05) is 13.2 Å². The van der Waals surface area contributed by atoms with Crippen LogP contribution in [0.4, 0.5) is 0 Å². The van der Waals surface area contributed by atoms with Crippen molar-refractivity contribution in [3.63, 3.8) is 0 Å². The monoisotopic (exact) mass is 217 g/mol. The number of carbonyl (C=O) groups is 1. The number of carbonyl (C=O) groups excluding carboxylic acids is 1. The van der Waals surface area contributed by atoms with Gasteiger partial charge in [0.15, 0.2) is 11.5 Å². The van der Waals surface area contributed by atoms with Crippen LogP contribution in [0.2, 0.25) is 0 Å². The molecule has 0 fully saturated rings. The zero-order valence-electron chi connectivity index (χ0n) is 8.66. The molecule has 16 heavy (non-hydrogen) atoms. The second-order valence-corrected chi connectivity index (χ2v) is 3.30. The van der Waals surface area contributed by atoms with Crippen LogP contribution < -0.4 is 15.2 Å². The lowest BCUT2D eigenvalue weighted by Crippen LogP contribution is -2.15. The Bertz CT molecular complexity index is 471. The van der Waals surface area contributed by atoms with Gasteiger partial charge in [-0.1, -0.05) is 11.8 Å². The summed E-state index contributed by atoms with van der Waals surface area (Å²) in [7, 11) is 0. The summed E-state index contributed by atoms with van der Waals surface area (Å²) in [6, 6.07) is 5.42. The molecule has 1 aliphatic heterocycles. The summed E-state index contributed by atoms with van der Waals surface area (Å²) >= 11 is 0. The maximum atomic E-state index is 10.5. The first-order valence-electron chi connectivity index (χ1n) is 4.92.